The fraction of sp³-hybridized carbons (Fsp3) is 0.900. The Hall–Kier alpha value is -0.530. The molecule has 2 nitrogen and oxygen atoms in total. The van der Waals surface area contributed by atoms with Crippen LogP contribution in [0.1, 0.15) is 40.0 Å². The Bertz CT molecular complexity index is 173. The molecule has 70 valence electrons. The number of hydrogen-bond donors (Lipinski definition) is 1. The first-order valence-electron chi connectivity index (χ1n) is 4.91. The molecule has 0 aromatic heterocycles. The van der Waals surface area contributed by atoms with Crippen molar-refractivity contribution in [1.29, 1.82) is 0 Å². The topological polar surface area (TPSA) is 38.4 Å². The molecular weight excluding hydrogens is 148 g/mol. The molecule has 1 heterocycles. The zero-order valence-electron chi connectivity index (χ0n) is 8.38. The summed E-state index contributed by atoms with van der Waals surface area (Å²) in [6, 6.07) is 0.468. The summed E-state index contributed by atoms with van der Waals surface area (Å²) in [7, 11) is 0. The van der Waals surface area contributed by atoms with Crippen LogP contribution in [-0.2, 0) is 0 Å². The molecule has 0 amide bonds. The predicted octanol–water partition coefficient (Wildman–Crippen LogP) is 2.19. The van der Waals surface area contributed by atoms with Gasteiger partial charge in [0, 0.05) is 6.42 Å². The van der Waals surface area contributed by atoms with Crippen LogP contribution in [0.25, 0.3) is 0 Å². The van der Waals surface area contributed by atoms with Crippen LogP contribution in [0.5, 0.6) is 0 Å². The SMILES string of the molecule is CC1CCC(C(C)C)N=C(N)C1. The maximum atomic E-state index is 5.80. The minimum atomic E-state index is 0.468. The molecule has 12 heavy (non-hydrogen) atoms. The van der Waals surface area contributed by atoms with E-state index in [0.29, 0.717) is 12.0 Å². The summed E-state index contributed by atoms with van der Waals surface area (Å²) in [5.74, 6) is 2.21. The van der Waals surface area contributed by atoms with Crippen LogP contribution in [0.3, 0.4) is 0 Å². The second-order valence-corrected chi connectivity index (χ2v) is 4.32. The van der Waals surface area contributed by atoms with Crippen LogP contribution in [0.15, 0.2) is 4.99 Å². The third-order valence-electron chi connectivity index (χ3n) is 2.61. The van der Waals surface area contributed by atoms with Gasteiger partial charge >= 0.3 is 0 Å². The van der Waals surface area contributed by atoms with E-state index in [1.807, 2.05) is 0 Å². The highest BCUT2D eigenvalue weighted by molar-refractivity contribution is 5.80. The maximum Gasteiger partial charge on any atom is 0.0943 e. The van der Waals surface area contributed by atoms with Crippen LogP contribution in [0, 0.1) is 11.8 Å². The van der Waals surface area contributed by atoms with Gasteiger partial charge < -0.3 is 5.73 Å². The van der Waals surface area contributed by atoms with E-state index in [0.717, 1.165) is 18.2 Å². The van der Waals surface area contributed by atoms with Gasteiger partial charge in [-0.1, -0.05) is 20.8 Å². The van der Waals surface area contributed by atoms with Crippen molar-refractivity contribution in [2.24, 2.45) is 22.6 Å². The minimum Gasteiger partial charge on any atom is -0.387 e. The molecule has 0 aromatic rings. The molecule has 0 bridgehead atoms. The van der Waals surface area contributed by atoms with E-state index in [1.165, 1.54) is 12.8 Å². The molecule has 1 rings (SSSR count). The molecule has 0 radical (unpaired) electrons. The van der Waals surface area contributed by atoms with Gasteiger partial charge in [0.25, 0.3) is 0 Å². The molecule has 1 aliphatic heterocycles. The lowest BCUT2D eigenvalue weighted by Gasteiger charge is -2.14. The third-order valence-corrected chi connectivity index (χ3v) is 2.61. The zero-order valence-corrected chi connectivity index (χ0v) is 8.38. The highest BCUT2D eigenvalue weighted by Gasteiger charge is 2.18. The average molecular weight is 168 g/mol. The lowest BCUT2D eigenvalue weighted by molar-refractivity contribution is 0.428. The van der Waals surface area contributed by atoms with E-state index in [2.05, 4.69) is 25.8 Å². The monoisotopic (exact) mass is 168 g/mol. The van der Waals surface area contributed by atoms with Crippen LogP contribution in [0.4, 0.5) is 0 Å². The first-order chi connectivity index (χ1) is 5.59. The van der Waals surface area contributed by atoms with Gasteiger partial charge in [-0.3, -0.25) is 4.99 Å². The average Bonchev–Trinajstić information content (AvgIpc) is 2.11. The van der Waals surface area contributed by atoms with Crippen LogP contribution in [0.2, 0.25) is 0 Å². The quantitative estimate of drug-likeness (QED) is 0.640. The van der Waals surface area contributed by atoms with E-state index in [1.54, 1.807) is 0 Å². The fourth-order valence-corrected chi connectivity index (χ4v) is 1.73. The molecule has 0 fully saturated rings. The number of nitrogens with zero attached hydrogens (tertiary/aromatic N) is 1. The van der Waals surface area contributed by atoms with E-state index < -0.39 is 0 Å². The zero-order chi connectivity index (χ0) is 9.14. The molecule has 0 saturated carbocycles. The summed E-state index contributed by atoms with van der Waals surface area (Å²) in [5, 5.41) is 0. The molecule has 0 spiro atoms. The normalized spacial score (nSPS) is 31.5. The molecular formula is C10H20N2. The molecule has 0 saturated heterocycles. The van der Waals surface area contributed by atoms with Gasteiger partial charge in [0.15, 0.2) is 0 Å². The molecule has 2 unspecified atom stereocenters. The highest BCUT2D eigenvalue weighted by Crippen LogP contribution is 2.22. The summed E-state index contributed by atoms with van der Waals surface area (Å²) in [6.07, 6.45) is 3.47. The summed E-state index contributed by atoms with van der Waals surface area (Å²) >= 11 is 0. The van der Waals surface area contributed by atoms with E-state index in [4.69, 9.17) is 5.73 Å². The van der Waals surface area contributed by atoms with Crippen LogP contribution >= 0.6 is 0 Å². The van der Waals surface area contributed by atoms with Crippen molar-refractivity contribution in [3.8, 4) is 0 Å². The molecule has 2 atom stereocenters. The number of rotatable bonds is 1. The van der Waals surface area contributed by atoms with Gasteiger partial charge in [0.05, 0.1) is 11.9 Å². The van der Waals surface area contributed by atoms with Gasteiger partial charge in [-0.2, -0.15) is 0 Å². The van der Waals surface area contributed by atoms with E-state index in [9.17, 15) is 0 Å². The maximum absolute atomic E-state index is 5.80. The Kier molecular flexibility index (Phi) is 3.12. The first kappa shape index (κ1) is 9.56. The summed E-state index contributed by atoms with van der Waals surface area (Å²) in [5.41, 5.74) is 5.80. The lowest BCUT2D eigenvalue weighted by Crippen LogP contribution is -2.18. The van der Waals surface area contributed by atoms with E-state index in [-0.39, 0.29) is 0 Å². The Morgan fingerprint density at radius 1 is 1.42 bits per heavy atom. The van der Waals surface area contributed by atoms with Crippen LogP contribution < -0.4 is 5.73 Å². The Labute approximate surface area is 75.3 Å². The highest BCUT2D eigenvalue weighted by atomic mass is 14.9. The molecule has 2 heteroatoms. The summed E-state index contributed by atoms with van der Waals surface area (Å²) < 4.78 is 0. The van der Waals surface area contributed by atoms with Crippen LogP contribution in [-0.4, -0.2) is 11.9 Å². The molecule has 0 aliphatic carbocycles. The van der Waals surface area contributed by atoms with Crippen molar-refractivity contribution in [3.63, 3.8) is 0 Å². The molecule has 0 aromatic carbocycles. The minimum absolute atomic E-state index is 0.468. The van der Waals surface area contributed by atoms with Gasteiger partial charge in [-0.15, -0.1) is 0 Å². The smallest absolute Gasteiger partial charge is 0.0943 e. The van der Waals surface area contributed by atoms with Gasteiger partial charge in [0.2, 0.25) is 0 Å². The fourth-order valence-electron chi connectivity index (χ4n) is 1.73. The summed E-state index contributed by atoms with van der Waals surface area (Å²) in [6.45, 7) is 6.69. The molecule has 2 N–H and O–H groups in total. The Morgan fingerprint density at radius 3 is 2.67 bits per heavy atom. The number of hydrogen-bond acceptors (Lipinski definition) is 2. The van der Waals surface area contributed by atoms with Gasteiger partial charge in [-0.25, -0.2) is 0 Å². The Morgan fingerprint density at radius 2 is 2.08 bits per heavy atom. The second kappa shape index (κ2) is 3.92. The largest absolute Gasteiger partial charge is 0.387 e. The van der Waals surface area contributed by atoms with Gasteiger partial charge in [0.1, 0.15) is 0 Å². The van der Waals surface area contributed by atoms with Crippen molar-refractivity contribution in [2.45, 2.75) is 46.1 Å². The molecule has 1 aliphatic rings. The lowest BCUT2D eigenvalue weighted by atomic mass is 9.96. The van der Waals surface area contributed by atoms with Crippen molar-refractivity contribution in [2.75, 3.05) is 0 Å². The summed E-state index contributed by atoms with van der Waals surface area (Å²) in [4.78, 5) is 4.52. The first-order valence-corrected chi connectivity index (χ1v) is 4.91. The number of nitrogens with two attached hydrogens (primary N) is 1. The number of amidine groups is 1. The predicted molar refractivity (Wildman–Crippen MR) is 53.3 cm³/mol. The van der Waals surface area contributed by atoms with Gasteiger partial charge in [-0.05, 0) is 24.7 Å². The number of aliphatic imine (C=N–C) groups is 1. The van der Waals surface area contributed by atoms with E-state index >= 15 is 0 Å². The second-order valence-electron chi connectivity index (χ2n) is 4.32. The van der Waals surface area contributed by atoms with Crippen molar-refractivity contribution in [1.82, 2.24) is 0 Å². The standard InChI is InChI=1S/C10H20N2/c1-7(2)9-5-4-8(3)6-10(11)12-9/h7-9H,4-6H2,1-3H3,(H2,11,12). The van der Waals surface area contributed by atoms with Crippen molar-refractivity contribution >= 4 is 5.84 Å². The third kappa shape index (κ3) is 2.50. The van der Waals surface area contributed by atoms with Crippen molar-refractivity contribution < 1.29 is 0 Å². The Balaban J connectivity index is 2.61. The van der Waals surface area contributed by atoms with Crippen molar-refractivity contribution in [3.05, 3.63) is 0 Å².